The van der Waals surface area contributed by atoms with Crippen molar-refractivity contribution in [2.24, 2.45) is 0 Å². The maximum atomic E-state index is 12.3. The van der Waals surface area contributed by atoms with Crippen molar-refractivity contribution >= 4 is 17.8 Å². The Bertz CT molecular complexity index is 537. The predicted octanol–water partition coefficient (Wildman–Crippen LogP) is 1.36. The SMILES string of the molecule is CCN(CC)C(=O)N1CCN(c2ncccc2C(=O)O)CC1. The maximum absolute atomic E-state index is 12.3. The Morgan fingerprint density at radius 3 is 2.41 bits per heavy atom. The number of carbonyl (C=O) groups excluding carboxylic acids is 1. The molecule has 0 aromatic carbocycles. The fourth-order valence-corrected chi connectivity index (χ4v) is 2.62. The molecule has 1 fully saturated rings. The number of hydrogen-bond donors (Lipinski definition) is 1. The fraction of sp³-hybridized carbons (Fsp3) is 0.533. The third-order valence-corrected chi connectivity index (χ3v) is 3.90. The highest BCUT2D eigenvalue weighted by Crippen LogP contribution is 2.19. The van der Waals surface area contributed by atoms with Crippen LogP contribution in [-0.2, 0) is 0 Å². The zero-order valence-corrected chi connectivity index (χ0v) is 13.0. The molecule has 1 N–H and O–H groups in total. The molecule has 0 unspecified atom stereocenters. The summed E-state index contributed by atoms with van der Waals surface area (Å²) in [6, 6.07) is 3.22. The molecule has 1 aliphatic rings. The van der Waals surface area contributed by atoms with Crippen LogP contribution in [0.15, 0.2) is 18.3 Å². The molecule has 0 spiro atoms. The number of carboxylic acids is 1. The fourth-order valence-electron chi connectivity index (χ4n) is 2.62. The molecule has 0 saturated carbocycles. The molecule has 1 aromatic heterocycles. The van der Waals surface area contributed by atoms with E-state index in [0.717, 1.165) is 0 Å². The number of aromatic carboxylic acids is 1. The minimum Gasteiger partial charge on any atom is -0.478 e. The van der Waals surface area contributed by atoms with Gasteiger partial charge in [0.05, 0.1) is 0 Å². The van der Waals surface area contributed by atoms with Gasteiger partial charge in [0.2, 0.25) is 0 Å². The molecule has 22 heavy (non-hydrogen) atoms. The lowest BCUT2D eigenvalue weighted by Crippen LogP contribution is -2.53. The molecule has 1 aromatic rings. The lowest BCUT2D eigenvalue weighted by atomic mass is 10.2. The predicted molar refractivity (Wildman–Crippen MR) is 83.3 cm³/mol. The number of nitrogens with zero attached hydrogens (tertiary/aromatic N) is 4. The number of piperazine rings is 1. The molecule has 2 rings (SSSR count). The summed E-state index contributed by atoms with van der Waals surface area (Å²) in [5, 5.41) is 9.24. The molecule has 0 aliphatic carbocycles. The smallest absolute Gasteiger partial charge is 0.339 e. The number of hydrogen-bond acceptors (Lipinski definition) is 4. The number of carbonyl (C=O) groups is 2. The minimum atomic E-state index is -0.982. The quantitative estimate of drug-likeness (QED) is 0.909. The first kappa shape index (κ1) is 16.1. The minimum absolute atomic E-state index is 0.0455. The highest BCUT2D eigenvalue weighted by atomic mass is 16.4. The average molecular weight is 306 g/mol. The van der Waals surface area contributed by atoms with Crippen LogP contribution in [-0.4, -0.2) is 71.2 Å². The molecule has 2 amide bonds. The molecule has 0 radical (unpaired) electrons. The van der Waals surface area contributed by atoms with E-state index in [2.05, 4.69) is 4.98 Å². The topological polar surface area (TPSA) is 77.0 Å². The second-order valence-electron chi connectivity index (χ2n) is 5.11. The van der Waals surface area contributed by atoms with Gasteiger partial charge in [-0.3, -0.25) is 0 Å². The molecule has 1 aliphatic heterocycles. The monoisotopic (exact) mass is 306 g/mol. The van der Waals surface area contributed by atoms with Crippen LogP contribution in [0, 0.1) is 0 Å². The van der Waals surface area contributed by atoms with Crippen molar-refractivity contribution in [3.63, 3.8) is 0 Å². The number of rotatable bonds is 4. The van der Waals surface area contributed by atoms with Crippen molar-refractivity contribution in [1.29, 1.82) is 0 Å². The summed E-state index contributed by atoms with van der Waals surface area (Å²) in [7, 11) is 0. The van der Waals surface area contributed by atoms with Crippen LogP contribution in [0.3, 0.4) is 0 Å². The van der Waals surface area contributed by atoms with Gasteiger partial charge >= 0.3 is 12.0 Å². The number of pyridine rings is 1. The summed E-state index contributed by atoms with van der Waals surface area (Å²) in [6.07, 6.45) is 1.59. The Balaban J connectivity index is 2.04. The zero-order valence-electron chi connectivity index (χ0n) is 13.0. The highest BCUT2D eigenvalue weighted by molar-refractivity contribution is 5.93. The van der Waals surface area contributed by atoms with Gasteiger partial charge in [0.15, 0.2) is 0 Å². The van der Waals surface area contributed by atoms with E-state index in [1.807, 2.05) is 23.6 Å². The second-order valence-corrected chi connectivity index (χ2v) is 5.11. The van der Waals surface area contributed by atoms with Crippen LogP contribution >= 0.6 is 0 Å². The van der Waals surface area contributed by atoms with Gasteiger partial charge in [-0.15, -0.1) is 0 Å². The Labute approximate surface area is 130 Å². The largest absolute Gasteiger partial charge is 0.478 e. The van der Waals surface area contributed by atoms with E-state index < -0.39 is 5.97 Å². The third kappa shape index (κ3) is 3.29. The van der Waals surface area contributed by atoms with E-state index >= 15 is 0 Å². The van der Waals surface area contributed by atoms with Gasteiger partial charge in [-0.05, 0) is 26.0 Å². The van der Waals surface area contributed by atoms with Gasteiger partial charge in [0.1, 0.15) is 11.4 Å². The molecule has 1 saturated heterocycles. The summed E-state index contributed by atoms with van der Waals surface area (Å²) in [6.45, 7) is 7.64. The van der Waals surface area contributed by atoms with Gasteiger partial charge in [-0.2, -0.15) is 0 Å². The Morgan fingerprint density at radius 2 is 1.86 bits per heavy atom. The highest BCUT2D eigenvalue weighted by Gasteiger charge is 2.26. The molecule has 0 bridgehead atoms. The van der Waals surface area contributed by atoms with Gasteiger partial charge in [-0.25, -0.2) is 14.6 Å². The molecule has 2 heterocycles. The van der Waals surface area contributed by atoms with E-state index in [4.69, 9.17) is 0 Å². The van der Waals surface area contributed by atoms with E-state index in [-0.39, 0.29) is 11.6 Å². The van der Waals surface area contributed by atoms with Crippen molar-refractivity contribution in [2.45, 2.75) is 13.8 Å². The van der Waals surface area contributed by atoms with Gasteiger partial charge in [-0.1, -0.05) is 0 Å². The van der Waals surface area contributed by atoms with E-state index in [1.165, 1.54) is 0 Å². The van der Waals surface area contributed by atoms with E-state index in [1.54, 1.807) is 23.2 Å². The summed E-state index contributed by atoms with van der Waals surface area (Å²) >= 11 is 0. The number of carboxylic acid groups (broad SMARTS) is 1. The van der Waals surface area contributed by atoms with Gasteiger partial charge < -0.3 is 19.8 Å². The van der Waals surface area contributed by atoms with Crippen molar-refractivity contribution in [3.05, 3.63) is 23.9 Å². The lowest BCUT2D eigenvalue weighted by Gasteiger charge is -2.37. The van der Waals surface area contributed by atoms with Crippen LogP contribution in [0.1, 0.15) is 24.2 Å². The van der Waals surface area contributed by atoms with Crippen molar-refractivity contribution < 1.29 is 14.7 Å². The normalized spacial score (nSPS) is 14.8. The number of urea groups is 1. The molecular formula is C15H22N4O3. The van der Waals surface area contributed by atoms with E-state index in [9.17, 15) is 14.7 Å². The lowest BCUT2D eigenvalue weighted by molar-refractivity contribution is 0.0696. The van der Waals surface area contributed by atoms with Crippen LogP contribution in [0.4, 0.5) is 10.6 Å². The number of amides is 2. The third-order valence-electron chi connectivity index (χ3n) is 3.90. The first-order valence-electron chi connectivity index (χ1n) is 7.55. The Morgan fingerprint density at radius 1 is 1.23 bits per heavy atom. The van der Waals surface area contributed by atoms with Gasteiger partial charge in [0.25, 0.3) is 0 Å². The average Bonchev–Trinajstić information content (AvgIpc) is 2.56. The molecule has 0 atom stereocenters. The van der Waals surface area contributed by atoms with Crippen LogP contribution < -0.4 is 4.90 Å². The summed E-state index contributed by atoms with van der Waals surface area (Å²) in [5.74, 6) is -0.505. The van der Waals surface area contributed by atoms with E-state index in [0.29, 0.717) is 45.1 Å². The first-order valence-corrected chi connectivity index (χ1v) is 7.55. The van der Waals surface area contributed by atoms with Crippen LogP contribution in [0.2, 0.25) is 0 Å². The Hall–Kier alpha value is -2.31. The summed E-state index contributed by atoms with van der Waals surface area (Å²) in [5.41, 5.74) is 0.200. The maximum Gasteiger partial charge on any atom is 0.339 e. The van der Waals surface area contributed by atoms with Crippen LogP contribution in [0.25, 0.3) is 0 Å². The molecule has 7 heteroatoms. The summed E-state index contributed by atoms with van der Waals surface area (Å²) in [4.78, 5) is 33.3. The zero-order chi connectivity index (χ0) is 16.1. The van der Waals surface area contributed by atoms with Gasteiger partial charge in [0, 0.05) is 45.5 Å². The summed E-state index contributed by atoms with van der Waals surface area (Å²) < 4.78 is 0. The molecule has 7 nitrogen and oxygen atoms in total. The Kier molecular flexibility index (Phi) is 5.19. The molecular weight excluding hydrogens is 284 g/mol. The standard InChI is InChI=1S/C15H22N4O3/c1-3-17(4-2)15(22)19-10-8-18(9-11-19)13-12(14(20)21)6-5-7-16-13/h5-7H,3-4,8-11H2,1-2H3,(H,20,21). The van der Waals surface area contributed by atoms with Crippen molar-refractivity contribution in [3.8, 4) is 0 Å². The number of anilines is 1. The van der Waals surface area contributed by atoms with Crippen molar-refractivity contribution in [2.75, 3.05) is 44.2 Å². The second kappa shape index (κ2) is 7.11. The van der Waals surface area contributed by atoms with Crippen molar-refractivity contribution in [1.82, 2.24) is 14.8 Å². The molecule has 120 valence electrons. The first-order chi connectivity index (χ1) is 10.6. The number of aromatic nitrogens is 1. The van der Waals surface area contributed by atoms with Crippen LogP contribution in [0.5, 0.6) is 0 Å².